The van der Waals surface area contributed by atoms with Crippen LogP contribution in [0.1, 0.15) is 43.7 Å². The fraction of sp³-hybridized carbons (Fsp3) is 0.647. The second kappa shape index (κ2) is 6.36. The largest absolute Gasteiger partial charge is 0.493 e. The SMILES string of the molecule is CCCC(CNC1CC1)Cc1cc(Cl)cc2c1OCC2. The third-order valence-electron chi connectivity index (χ3n) is 4.30. The molecule has 0 radical (unpaired) electrons. The second-order valence-corrected chi connectivity index (χ2v) is 6.63. The van der Waals surface area contributed by atoms with Crippen LogP contribution in [0.15, 0.2) is 12.1 Å². The Balaban J connectivity index is 1.70. The first-order valence-electron chi connectivity index (χ1n) is 7.93. The number of rotatable bonds is 7. The van der Waals surface area contributed by atoms with E-state index in [4.69, 9.17) is 16.3 Å². The molecule has 0 saturated heterocycles. The van der Waals surface area contributed by atoms with Gasteiger partial charge in [0.15, 0.2) is 0 Å². The van der Waals surface area contributed by atoms with Gasteiger partial charge in [-0.2, -0.15) is 0 Å². The van der Waals surface area contributed by atoms with E-state index in [1.807, 2.05) is 0 Å². The minimum atomic E-state index is 0.687. The van der Waals surface area contributed by atoms with Crippen LogP contribution in [0.3, 0.4) is 0 Å². The van der Waals surface area contributed by atoms with Crippen molar-refractivity contribution in [3.05, 3.63) is 28.3 Å². The summed E-state index contributed by atoms with van der Waals surface area (Å²) in [7, 11) is 0. The Morgan fingerprint density at radius 1 is 1.40 bits per heavy atom. The zero-order chi connectivity index (χ0) is 13.9. The van der Waals surface area contributed by atoms with E-state index < -0.39 is 0 Å². The van der Waals surface area contributed by atoms with Crippen LogP contribution in [0, 0.1) is 5.92 Å². The monoisotopic (exact) mass is 293 g/mol. The van der Waals surface area contributed by atoms with Gasteiger partial charge in [-0.3, -0.25) is 0 Å². The molecule has 0 amide bonds. The van der Waals surface area contributed by atoms with Crippen molar-refractivity contribution in [3.8, 4) is 5.75 Å². The van der Waals surface area contributed by atoms with Crippen molar-refractivity contribution in [2.45, 2.75) is 51.5 Å². The molecular formula is C17H24ClNO. The number of hydrogen-bond acceptors (Lipinski definition) is 2. The number of fused-ring (bicyclic) bond motifs is 1. The molecule has 1 aromatic carbocycles. The first-order valence-corrected chi connectivity index (χ1v) is 8.31. The molecule has 2 nitrogen and oxygen atoms in total. The summed E-state index contributed by atoms with van der Waals surface area (Å²) in [4.78, 5) is 0. The molecule has 1 aliphatic heterocycles. The lowest BCUT2D eigenvalue weighted by Crippen LogP contribution is -2.26. The molecule has 1 aromatic rings. The minimum absolute atomic E-state index is 0.687. The van der Waals surface area contributed by atoms with Crippen LogP contribution in [-0.4, -0.2) is 19.2 Å². The molecule has 110 valence electrons. The summed E-state index contributed by atoms with van der Waals surface area (Å²) in [6.45, 7) is 4.20. The van der Waals surface area contributed by atoms with Gasteiger partial charge in [0.1, 0.15) is 5.75 Å². The maximum atomic E-state index is 6.26. The zero-order valence-electron chi connectivity index (χ0n) is 12.3. The molecule has 1 heterocycles. The van der Waals surface area contributed by atoms with Crippen molar-refractivity contribution >= 4 is 11.6 Å². The van der Waals surface area contributed by atoms with Crippen molar-refractivity contribution in [2.75, 3.05) is 13.2 Å². The van der Waals surface area contributed by atoms with Gasteiger partial charge in [-0.25, -0.2) is 0 Å². The highest BCUT2D eigenvalue weighted by Crippen LogP contribution is 2.34. The number of benzene rings is 1. The van der Waals surface area contributed by atoms with Gasteiger partial charge >= 0.3 is 0 Å². The Bertz CT molecular complexity index is 470. The standard InChI is InChI=1S/C17H24ClNO/c1-2-3-12(11-19-16-4-5-16)8-14-10-15(18)9-13-6-7-20-17(13)14/h9-10,12,16,19H,2-8,11H2,1H3. The van der Waals surface area contributed by atoms with Crippen molar-refractivity contribution in [3.63, 3.8) is 0 Å². The summed E-state index contributed by atoms with van der Waals surface area (Å²) in [5.74, 6) is 1.80. The van der Waals surface area contributed by atoms with Gasteiger partial charge in [0.05, 0.1) is 6.61 Å². The molecule has 1 fully saturated rings. The van der Waals surface area contributed by atoms with E-state index in [9.17, 15) is 0 Å². The average Bonchev–Trinajstić information content (AvgIpc) is 3.13. The highest BCUT2D eigenvalue weighted by atomic mass is 35.5. The Labute approximate surface area is 126 Å². The van der Waals surface area contributed by atoms with Gasteiger partial charge in [-0.1, -0.05) is 24.9 Å². The molecular weight excluding hydrogens is 270 g/mol. The van der Waals surface area contributed by atoms with Gasteiger partial charge < -0.3 is 10.1 Å². The van der Waals surface area contributed by atoms with Gasteiger partial charge in [0, 0.05) is 17.5 Å². The van der Waals surface area contributed by atoms with Crippen molar-refractivity contribution < 1.29 is 4.74 Å². The molecule has 3 rings (SSSR count). The third kappa shape index (κ3) is 3.48. The van der Waals surface area contributed by atoms with E-state index >= 15 is 0 Å². The summed E-state index contributed by atoms with van der Waals surface area (Å²) in [5, 5.41) is 4.53. The molecule has 0 aromatic heterocycles. The van der Waals surface area contributed by atoms with Gasteiger partial charge in [0.25, 0.3) is 0 Å². The topological polar surface area (TPSA) is 21.3 Å². The van der Waals surface area contributed by atoms with Gasteiger partial charge in [0.2, 0.25) is 0 Å². The normalized spacial score (nSPS) is 18.7. The van der Waals surface area contributed by atoms with E-state index in [1.54, 1.807) is 0 Å². The van der Waals surface area contributed by atoms with Gasteiger partial charge in [-0.05, 0) is 61.4 Å². The van der Waals surface area contributed by atoms with E-state index in [-0.39, 0.29) is 0 Å². The molecule has 1 atom stereocenters. The number of hydrogen-bond donors (Lipinski definition) is 1. The van der Waals surface area contributed by atoms with E-state index in [0.717, 1.165) is 42.8 Å². The minimum Gasteiger partial charge on any atom is -0.493 e. The predicted molar refractivity (Wildman–Crippen MR) is 83.8 cm³/mol. The predicted octanol–water partition coefficient (Wildman–Crippen LogP) is 3.99. The van der Waals surface area contributed by atoms with Crippen molar-refractivity contribution in [1.82, 2.24) is 5.32 Å². The molecule has 0 spiro atoms. The lowest BCUT2D eigenvalue weighted by Gasteiger charge is -2.19. The molecule has 1 unspecified atom stereocenters. The van der Waals surface area contributed by atoms with Gasteiger partial charge in [-0.15, -0.1) is 0 Å². The maximum absolute atomic E-state index is 6.26. The van der Waals surface area contributed by atoms with Crippen LogP contribution in [-0.2, 0) is 12.8 Å². The van der Waals surface area contributed by atoms with E-state index in [0.29, 0.717) is 5.92 Å². The van der Waals surface area contributed by atoms with E-state index in [1.165, 1.54) is 36.8 Å². The van der Waals surface area contributed by atoms with Crippen LogP contribution in [0.5, 0.6) is 5.75 Å². The Morgan fingerprint density at radius 3 is 3.00 bits per heavy atom. The number of halogens is 1. The van der Waals surface area contributed by atoms with Crippen LogP contribution in [0.2, 0.25) is 5.02 Å². The highest BCUT2D eigenvalue weighted by Gasteiger charge is 2.23. The lowest BCUT2D eigenvalue weighted by atomic mass is 9.93. The summed E-state index contributed by atoms with van der Waals surface area (Å²) >= 11 is 6.26. The molecule has 1 N–H and O–H groups in total. The smallest absolute Gasteiger partial charge is 0.125 e. The second-order valence-electron chi connectivity index (χ2n) is 6.19. The molecule has 2 aliphatic rings. The first-order chi connectivity index (χ1) is 9.76. The van der Waals surface area contributed by atoms with Crippen molar-refractivity contribution in [2.24, 2.45) is 5.92 Å². The van der Waals surface area contributed by atoms with Crippen LogP contribution < -0.4 is 10.1 Å². The summed E-state index contributed by atoms with van der Waals surface area (Å²) < 4.78 is 5.82. The number of ether oxygens (including phenoxy) is 1. The first kappa shape index (κ1) is 14.2. The molecule has 1 saturated carbocycles. The summed E-state index contributed by atoms with van der Waals surface area (Å²) in [6, 6.07) is 4.95. The fourth-order valence-corrected chi connectivity index (χ4v) is 3.38. The van der Waals surface area contributed by atoms with Crippen LogP contribution >= 0.6 is 11.6 Å². The third-order valence-corrected chi connectivity index (χ3v) is 4.52. The highest BCUT2D eigenvalue weighted by molar-refractivity contribution is 6.30. The zero-order valence-corrected chi connectivity index (χ0v) is 13.0. The Kier molecular flexibility index (Phi) is 4.52. The van der Waals surface area contributed by atoms with E-state index in [2.05, 4.69) is 24.4 Å². The molecule has 1 aliphatic carbocycles. The number of nitrogens with one attached hydrogen (secondary N) is 1. The molecule has 20 heavy (non-hydrogen) atoms. The average molecular weight is 294 g/mol. The molecule has 0 bridgehead atoms. The Morgan fingerprint density at radius 2 is 2.25 bits per heavy atom. The van der Waals surface area contributed by atoms with Crippen LogP contribution in [0.25, 0.3) is 0 Å². The summed E-state index contributed by atoms with van der Waals surface area (Å²) in [6.07, 6.45) is 7.29. The maximum Gasteiger partial charge on any atom is 0.125 e. The summed E-state index contributed by atoms with van der Waals surface area (Å²) in [5.41, 5.74) is 2.60. The lowest BCUT2D eigenvalue weighted by molar-refractivity contribution is 0.348. The van der Waals surface area contributed by atoms with Crippen molar-refractivity contribution in [1.29, 1.82) is 0 Å². The Hall–Kier alpha value is -0.730. The fourth-order valence-electron chi connectivity index (χ4n) is 3.11. The quantitative estimate of drug-likeness (QED) is 0.821. The molecule has 3 heteroatoms. The van der Waals surface area contributed by atoms with Crippen LogP contribution in [0.4, 0.5) is 0 Å².